The number of morpholine rings is 1. The Morgan fingerprint density at radius 2 is 2.23 bits per heavy atom. The quantitative estimate of drug-likeness (QED) is 0.507. The van der Waals surface area contributed by atoms with Crippen LogP contribution in [0.25, 0.3) is 0 Å². The molecule has 0 saturated carbocycles. The molecule has 1 saturated heterocycles. The molecule has 0 radical (unpaired) electrons. The Morgan fingerprint density at radius 1 is 1.45 bits per heavy atom. The maximum absolute atomic E-state index is 12.2. The first-order chi connectivity index (χ1) is 10.7. The highest BCUT2D eigenvalue weighted by Gasteiger charge is 2.20. The Morgan fingerprint density at radius 3 is 2.91 bits per heavy atom. The van der Waals surface area contributed by atoms with Gasteiger partial charge in [-0.05, 0) is 18.9 Å². The summed E-state index contributed by atoms with van der Waals surface area (Å²) >= 11 is 0. The van der Waals surface area contributed by atoms with E-state index in [9.17, 15) is 4.79 Å². The van der Waals surface area contributed by atoms with Crippen LogP contribution < -0.4 is 5.32 Å². The van der Waals surface area contributed by atoms with E-state index in [1.807, 2.05) is 12.1 Å². The van der Waals surface area contributed by atoms with Crippen molar-refractivity contribution in [2.45, 2.75) is 13.3 Å². The Hall–Kier alpha value is -2.32. The average molecular weight is 299 g/mol. The van der Waals surface area contributed by atoms with E-state index < -0.39 is 0 Å². The monoisotopic (exact) mass is 299 g/mol. The van der Waals surface area contributed by atoms with Crippen molar-refractivity contribution in [3.05, 3.63) is 47.2 Å². The highest BCUT2D eigenvalue weighted by atomic mass is 16.5. The molecule has 5 heteroatoms. The molecule has 0 aromatic heterocycles. The van der Waals surface area contributed by atoms with Crippen LogP contribution in [0.1, 0.15) is 11.1 Å². The van der Waals surface area contributed by atoms with Crippen LogP contribution >= 0.6 is 0 Å². The maximum Gasteiger partial charge on any atom is 0.266 e. The number of hydrogen-bond donors (Lipinski definition) is 1. The molecule has 0 unspecified atom stereocenters. The Bertz CT molecular complexity index is 584. The lowest BCUT2D eigenvalue weighted by molar-refractivity contribution is -0.130. The molecule has 0 bridgehead atoms. The third-order valence-corrected chi connectivity index (χ3v) is 3.54. The van der Waals surface area contributed by atoms with E-state index in [-0.39, 0.29) is 11.5 Å². The van der Waals surface area contributed by atoms with Crippen LogP contribution in [0.4, 0.5) is 0 Å². The molecule has 1 aromatic rings. The molecule has 2 rings (SSSR count). The van der Waals surface area contributed by atoms with E-state index in [0.717, 1.165) is 6.42 Å². The van der Waals surface area contributed by atoms with Gasteiger partial charge in [0.25, 0.3) is 5.91 Å². The van der Waals surface area contributed by atoms with E-state index in [4.69, 9.17) is 10.00 Å². The van der Waals surface area contributed by atoms with Crippen LogP contribution in [0.2, 0.25) is 0 Å². The normalized spacial score (nSPS) is 15.3. The van der Waals surface area contributed by atoms with Crippen LogP contribution in [0.5, 0.6) is 0 Å². The molecule has 0 atom stereocenters. The summed E-state index contributed by atoms with van der Waals surface area (Å²) in [5.74, 6) is -0.228. The van der Waals surface area contributed by atoms with Gasteiger partial charge in [-0.15, -0.1) is 0 Å². The molecule has 1 N–H and O–H groups in total. The lowest BCUT2D eigenvalue weighted by Gasteiger charge is -2.26. The molecule has 1 fully saturated rings. The van der Waals surface area contributed by atoms with Crippen LogP contribution in [0.3, 0.4) is 0 Å². The molecular weight excluding hydrogens is 278 g/mol. The SMILES string of the molecule is Cc1cccc(CCN/C=C(/C#N)C(=O)N2CCOCC2)c1. The van der Waals surface area contributed by atoms with Gasteiger partial charge >= 0.3 is 0 Å². The van der Waals surface area contributed by atoms with E-state index in [2.05, 4.69) is 30.4 Å². The molecule has 0 spiro atoms. The summed E-state index contributed by atoms with van der Waals surface area (Å²) in [5.41, 5.74) is 2.61. The zero-order valence-electron chi connectivity index (χ0n) is 12.8. The Labute approximate surface area is 131 Å². The molecule has 22 heavy (non-hydrogen) atoms. The van der Waals surface area contributed by atoms with Gasteiger partial charge in [-0.25, -0.2) is 0 Å². The van der Waals surface area contributed by atoms with Crippen molar-refractivity contribution in [2.75, 3.05) is 32.8 Å². The molecule has 116 valence electrons. The largest absolute Gasteiger partial charge is 0.389 e. The van der Waals surface area contributed by atoms with Gasteiger partial charge in [0.05, 0.1) is 13.2 Å². The minimum absolute atomic E-state index is 0.145. The molecule has 1 aliphatic rings. The fourth-order valence-electron chi connectivity index (χ4n) is 2.34. The second kappa shape index (κ2) is 8.20. The average Bonchev–Trinajstić information content (AvgIpc) is 2.55. The number of nitrogens with one attached hydrogen (secondary N) is 1. The van der Waals surface area contributed by atoms with Gasteiger partial charge in [0.2, 0.25) is 0 Å². The third-order valence-electron chi connectivity index (χ3n) is 3.54. The van der Waals surface area contributed by atoms with Crippen LogP contribution in [0.15, 0.2) is 36.0 Å². The topological polar surface area (TPSA) is 65.4 Å². The number of amides is 1. The zero-order valence-corrected chi connectivity index (χ0v) is 12.8. The number of nitrogens with zero attached hydrogens (tertiary/aromatic N) is 2. The summed E-state index contributed by atoms with van der Waals surface area (Å²) in [6.07, 6.45) is 2.37. The van der Waals surface area contributed by atoms with Gasteiger partial charge in [-0.3, -0.25) is 4.79 Å². The predicted molar refractivity (Wildman–Crippen MR) is 84.0 cm³/mol. The summed E-state index contributed by atoms with van der Waals surface area (Å²) < 4.78 is 5.21. The van der Waals surface area contributed by atoms with Crippen LogP contribution in [-0.2, 0) is 16.0 Å². The lowest BCUT2D eigenvalue weighted by atomic mass is 10.1. The minimum atomic E-state index is -0.228. The first-order valence-corrected chi connectivity index (χ1v) is 7.47. The van der Waals surface area contributed by atoms with Crippen molar-refractivity contribution < 1.29 is 9.53 Å². The number of nitriles is 1. The molecule has 1 aromatic carbocycles. The van der Waals surface area contributed by atoms with Crippen molar-refractivity contribution in [1.82, 2.24) is 10.2 Å². The van der Waals surface area contributed by atoms with Gasteiger partial charge in [0.1, 0.15) is 11.6 Å². The number of rotatable bonds is 5. The predicted octanol–water partition coefficient (Wildman–Crippen LogP) is 1.39. The molecular formula is C17H21N3O2. The van der Waals surface area contributed by atoms with Gasteiger partial charge in [0, 0.05) is 25.8 Å². The summed E-state index contributed by atoms with van der Waals surface area (Å²) in [6, 6.07) is 10.3. The van der Waals surface area contributed by atoms with Gasteiger partial charge in [0.15, 0.2) is 0 Å². The van der Waals surface area contributed by atoms with Gasteiger partial charge in [-0.1, -0.05) is 29.8 Å². The van der Waals surface area contributed by atoms with Crippen LogP contribution in [0, 0.1) is 18.3 Å². The number of hydrogen-bond acceptors (Lipinski definition) is 4. The number of carbonyl (C=O) groups excluding carboxylic acids is 1. The zero-order chi connectivity index (χ0) is 15.8. The maximum atomic E-state index is 12.2. The number of benzene rings is 1. The minimum Gasteiger partial charge on any atom is -0.389 e. The second-order valence-corrected chi connectivity index (χ2v) is 5.27. The van der Waals surface area contributed by atoms with Crippen LogP contribution in [-0.4, -0.2) is 43.7 Å². The van der Waals surface area contributed by atoms with Gasteiger partial charge < -0.3 is 15.0 Å². The van der Waals surface area contributed by atoms with Crippen molar-refractivity contribution >= 4 is 5.91 Å². The summed E-state index contributed by atoms with van der Waals surface area (Å²) in [4.78, 5) is 13.8. The molecule has 0 aliphatic carbocycles. The lowest BCUT2D eigenvalue weighted by Crippen LogP contribution is -2.41. The number of aryl methyl sites for hydroxylation is 1. The van der Waals surface area contributed by atoms with Crippen molar-refractivity contribution in [3.8, 4) is 6.07 Å². The number of carbonyl (C=O) groups is 1. The standard InChI is InChI=1S/C17H21N3O2/c1-14-3-2-4-15(11-14)5-6-19-13-16(12-18)17(21)20-7-9-22-10-8-20/h2-4,11,13,19H,5-10H2,1H3/b16-13-. The first-order valence-electron chi connectivity index (χ1n) is 7.47. The van der Waals surface area contributed by atoms with E-state index in [1.54, 1.807) is 4.90 Å². The van der Waals surface area contributed by atoms with E-state index in [1.165, 1.54) is 17.3 Å². The molecule has 1 aliphatic heterocycles. The first kappa shape index (κ1) is 16.1. The number of ether oxygens (including phenoxy) is 1. The molecule has 1 heterocycles. The summed E-state index contributed by atoms with van der Waals surface area (Å²) in [7, 11) is 0. The van der Waals surface area contributed by atoms with Crippen molar-refractivity contribution in [2.24, 2.45) is 0 Å². The molecule has 1 amide bonds. The van der Waals surface area contributed by atoms with Crippen molar-refractivity contribution in [3.63, 3.8) is 0 Å². The smallest absolute Gasteiger partial charge is 0.266 e. The fourth-order valence-corrected chi connectivity index (χ4v) is 2.34. The highest BCUT2D eigenvalue weighted by molar-refractivity contribution is 5.97. The Balaban J connectivity index is 1.84. The molecule has 5 nitrogen and oxygen atoms in total. The van der Waals surface area contributed by atoms with E-state index in [0.29, 0.717) is 32.8 Å². The third kappa shape index (κ3) is 4.61. The summed E-state index contributed by atoms with van der Waals surface area (Å²) in [5, 5.41) is 12.2. The summed E-state index contributed by atoms with van der Waals surface area (Å²) in [6.45, 7) is 4.90. The van der Waals surface area contributed by atoms with E-state index >= 15 is 0 Å². The highest BCUT2D eigenvalue weighted by Crippen LogP contribution is 2.05. The second-order valence-electron chi connectivity index (χ2n) is 5.27. The fraction of sp³-hybridized carbons (Fsp3) is 0.412. The van der Waals surface area contributed by atoms with Crippen molar-refractivity contribution in [1.29, 1.82) is 5.26 Å². The van der Waals surface area contributed by atoms with Gasteiger partial charge in [-0.2, -0.15) is 5.26 Å². The Kier molecular flexibility index (Phi) is 5.99.